The van der Waals surface area contributed by atoms with Gasteiger partial charge in [0.05, 0.1) is 13.2 Å². The Morgan fingerprint density at radius 2 is 1.22 bits per heavy atom. The highest BCUT2D eigenvalue weighted by Crippen LogP contribution is 2.70. The van der Waals surface area contributed by atoms with Crippen molar-refractivity contribution in [1.29, 1.82) is 0 Å². The molecule has 3 aromatic rings. The molecule has 0 unspecified atom stereocenters. The second-order valence-electron chi connectivity index (χ2n) is 8.05. The Morgan fingerprint density at radius 3 is 1.75 bits per heavy atom. The third-order valence-corrected chi connectivity index (χ3v) is 9.70. The second-order valence-corrected chi connectivity index (χ2v) is 10.7. The number of halogens is 1. The van der Waals surface area contributed by atoms with Crippen molar-refractivity contribution in [2.24, 2.45) is 0 Å². The molecule has 2 fully saturated rings. The van der Waals surface area contributed by atoms with Crippen molar-refractivity contribution in [3.63, 3.8) is 0 Å². The molecule has 0 bridgehead atoms. The first kappa shape index (κ1) is 21.2. The van der Waals surface area contributed by atoms with E-state index in [1.165, 1.54) is 6.07 Å². The van der Waals surface area contributed by atoms with Crippen LogP contribution in [0.4, 0.5) is 15.8 Å². The minimum Gasteiger partial charge on any atom is -0.379 e. The maximum Gasteiger partial charge on any atom is 0.284 e. The number of benzene rings is 3. The van der Waals surface area contributed by atoms with E-state index in [1.54, 1.807) is 12.1 Å². The maximum atomic E-state index is 15.4. The number of hydrogen-bond acceptors (Lipinski definition) is 3. The molecule has 5 rings (SSSR count). The van der Waals surface area contributed by atoms with Crippen LogP contribution in [0.2, 0.25) is 0 Å². The molecule has 2 heterocycles. The first-order valence-corrected chi connectivity index (χ1v) is 12.7. The zero-order chi connectivity index (χ0) is 22.0. The van der Waals surface area contributed by atoms with Crippen molar-refractivity contribution in [2.45, 2.75) is 5.78 Å². The lowest BCUT2D eigenvalue weighted by atomic mass is 10.2. The monoisotopic (exact) mass is 451 g/mol. The quantitative estimate of drug-likeness (QED) is 0.487. The van der Waals surface area contributed by atoms with Gasteiger partial charge in [-0.2, -0.15) is 0 Å². The van der Waals surface area contributed by atoms with Crippen molar-refractivity contribution in [3.8, 4) is 0 Å². The zero-order valence-corrected chi connectivity index (χ0v) is 18.8. The number of para-hydroxylation sites is 2. The molecule has 1 atom stereocenters. The predicted molar refractivity (Wildman–Crippen MR) is 127 cm³/mol. The summed E-state index contributed by atoms with van der Waals surface area (Å²) < 4.78 is 40.3. The van der Waals surface area contributed by atoms with Crippen LogP contribution in [0.15, 0.2) is 84.9 Å². The van der Waals surface area contributed by atoms with E-state index >= 15 is 8.96 Å². The van der Waals surface area contributed by atoms with Gasteiger partial charge in [0.25, 0.3) is 7.44 Å². The van der Waals surface area contributed by atoms with Gasteiger partial charge in [0, 0.05) is 43.1 Å². The molecule has 2 saturated heterocycles. The van der Waals surface area contributed by atoms with Crippen LogP contribution in [0, 0.1) is 5.82 Å². The summed E-state index contributed by atoms with van der Waals surface area (Å²) in [6, 6.07) is 26.4. The fourth-order valence-corrected chi connectivity index (χ4v) is 8.45. The van der Waals surface area contributed by atoms with Gasteiger partial charge in [-0.3, -0.25) is 9.46 Å². The molecule has 3 aromatic carbocycles. The van der Waals surface area contributed by atoms with Crippen molar-refractivity contribution >= 4 is 18.8 Å². The van der Waals surface area contributed by atoms with Gasteiger partial charge >= 0.3 is 0 Å². The van der Waals surface area contributed by atoms with E-state index in [4.69, 9.17) is 4.74 Å². The standard InChI is InChI=1S/C25H27FN3O2P/c26-24-14-8-7-13-23(24)25(27-17-19-31-20-18-27)32(30)28(21-9-3-1-4-10-21)15-16-29(32)22-11-5-2-6-12-22/h1-14,25H,15-20H2/t25-/m0/s1. The first-order valence-electron chi connectivity index (χ1n) is 11.0. The molecule has 2 aliphatic heterocycles. The highest BCUT2D eigenvalue weighted by atomic mass is 31.2. The van der Waals surface area contributed by atoms with Gasteiger partial charge in [0.2, 0.25) is 0 Å². The van der Waals surface area contributed by atoms with Crippen molar-refractivity contribution in [1.82, 2.24) is 4.90 Å². The lowest BCUT2D eigenvalue weighted by Gasteiger charge is -2.44. The minimum absolute atomic E-state index is 0.327. The summed E-state index contributed by atoms with van der Waals surface area (Å²) >= 11 is 0. The summed E-state index contributed by atoms with van der Waals surface area (Å²) in [4.78, 5) is 2.14. The van der Waals surface area contributed by atoms with Gasteiger partial charge in [0.1, 0.15) is 11.6 Å². The van der Waals surface area contributed by atoms with Crippen molar-refractivity contribution in [3.05, 3.63) is 96.3 Å². The molecule has 2 aliphatic rings. The molecule has 5 nitrogen and oxygen atoms in total. The molecule has 32 heavy (non-hydrogen) atoms. The fourth-order valence-electron chi connectivity index (χ4n) is 4.76. The highest BCUT2D eigenvalue weighted by molar-refractivity contribution is 7.67. The highest BCUT2D eigenvalue weighted by Gasteiger charge is 2.52. The van der Waals surface area contributed by atoms with Gasteiger partial charge in [0.15, 0.2) is 0 Å². The summed E-state index contributed by atoms with van der Waals surface area (Å²) in [7, 11) is -3.36. The average molecular weight is 451 g/mol. The maximum absolute atomic E-state index is 15.4. The lowest BCUT2D eigenvalue weighted by molar-refractivity contribution is 0.0298. The Hall–Kier alpha value is -2.66. The topological polar surface area (TPSA) is 36.0 Å². The average Bonchev–Trinajstić information content (AvgIpc) is 3.20. The van der Waals surface area contributed by atoms with E-state index in [1.807, 2.05) is 76.1 Å². The Morgan fingerprint density at radius 1 is 0.719 bits per heavy atom. The summed E-state index contributed by atoms with van der Waals surface area (Å²) in [5.41, 5.74) is 2.26. The first-order chi connectivity index (χ1) is 15.7. The molecule has 166 valence electrons. The lowest BCUT2D eigenvalue weighted by Crippen LogP contribution is -2.42. The van der Waals surface area contributed by atoms with Crippen LogP contribution in [0.5, 0.6) is 0 Å². The number of anilines is 2. The molecule has 0 aliphatic carbocycles. The normalized spacial score (nSPS) is 19.8. The van der Waals surface area contributed by atoms with Gasteiger partial charge in [-0.25, -0.2) is 4.39 Å². The number of rotatable bonds is 5. The zero-order valence-electron chi connectivity index (χ0n) is 17.9. The molecule has 0 amide bonds. The fraction of sp³-hybridized carbons (Fsp3) is 0.280. The summed E-state index contributed by atoms with van der Waals surface area (Å²) in [6.07, 6.45) is 0. The number of nitrogens with zero attached hydrogens (tertiary/aromatic N) is 3. The predicted octanol–water partition coefficient (Wildman–Crippen LogP) is 5.38. The van der Waals surface area contributed by atoms with Gasteiger partial charge < -0.3 is 14.1 Å². The van der Waals surface area contributed by atoms with Crippen LogP contribution in [-0.4, -0.2) is 44.3 Å². The Bertz CT molecular complexity index is 1040. The summed E-state index contributed by atoms with van der Waals surface area (Å²) in [5.74, 6) is -0.942. The van der Waals surface area contributed by atoms with E-state index < -0.39 is 13.2 Å². The van der Waals surface area contributed by atoms with Crippen LogP contribution >= 0.6 is 7.44 Å². The molecule has 0 aromatic heterocycles. The van der Waals surface area contributed by atoms with E-state index in [0.717, 1.165) is 11.4 Å². The van der Waals surface area contributed by atoms with Crippen LogP contribution in [-0.2, 0) is 9.30 Å². The molecule has 7 heteroatoms. The third kappa shape index (κ3) is 3.73. The van der Waals surface area contributed by atoms with Gasteiger partial charge in [-0.15, -0.1) is 0 Å². The smallest absolute Gasteiger partial charge is 0.284 e. The SMILES string of the molecule is O=P1([C@@H](c2ccccc2F)N2CCOCC2)N(c2ccccc2)CCN1c1ccccc1. The van der Waals surface area contributed by atoms with Crippen molar-refractivity contribution in [2.75, 3.05) is 48.7 Å². The van der Waals surface area contributed by atoms with E-state index in [-0.39, 0.29) is 5.82 Å². The van der Waals surface area contributed by atoms with Gasteiger partial charge in [-0.05, 0) is 30.3 Å². The molecular formula is C25H27FN3O2P. The molecule has 0 spiro atoms. The second kappa shape index (κ2) is 9.07. The van der Waals surface area contributed by atoms with E-state index in [9.17, 15) is 0 Å². The van der Waals surface area contributed by atoms with Crippen LogP contribution < -0.4 is 9.34 Å². The third-order valence-electron chi connectivity index (χ3n) is 6.22. The Balaban J connectivity index is 1.71. The van der Waals surface area contributed by atoms with Crippen molar-refractivity contribution < 1.29 is 13.7 Å². The van der Waals surface area contributed by atoms with Crippen LogP contribution in [0.1, 0.15) is 11.3 Å². The Labute approximate surface area is 188 Å². The van der Waals surface area contributed by atoms with Crippen LogP contribution in [0.25, 0.3) is 0 Å². The Kier molecular flexibility index (Phi) is 6.01. The van der Waals surface area contributed by atoms with Crippen LogP contribution in [0.3, 0.4) is 0 Å². The summed E-state index contributed by atoms with van der Waals surface area (Å²) in [5, 5.41) is 0. The number of morpholine rings is 1. The molecule has 0 N–H and O–H groups in total. The number of hydrogen-bond donors (Lipinski definition) is 0. The molecule has 0 saturated carbocycles. The van der Waals surface area contributed by atoms with E-state index in [2.05, 4.69) is 4.90 Å². The summed E-state index contributed by atoms with van der Waals surface area (Å²) in [6.45, 7) is 3.50. The minimum atomic E-state index is -3.36. The largest absolute Gasteiger partial charge is 0.379 e. The van der Waals surface area contributed by atoms with E-state index in [0.29, 0.717) is 45.0 Å². The molecule has 0 radical (unpaired) electrons. The molecular weight excluding hydrogens is 424 g/mol. The number of ether oxygens (including phenoxy) is 1. The van der Waals surface area contributed by atoms with Gasteiger partial charge in [-0.1, -0.05) is 54.6 Å².